The van der Waals surface area contributed by atoms with E-state index in [0.29, 0.717) is 0 Å². The van der Waals surface area contributed by atoms with Crippen molar-refractivity contribution in [2.45, 2.75) is 105 Å². The quantitative estimate of drug-likeness (QED) is 0.113. The fourth-order valence-electron chi connectivity index (χ4n) is 4.63. The Morgan fingerprint density at radius 3 is 1.10 bits per heavy atom. The van der Waals surface area contributed by atoms with Gasteiger partial charge in [0.2, 0.25) is 0 Å². The zero-order chi connectivity index (χ0) is 30.4. The van der Waals surface area contributed by atoms with Crippen molar-refractivity contribution < 1.29 is 13.0 Å². The lowest BCUT2D eigenvalue weighted by molar-refractivity contribution is 0.463. The minimum atomic E-state index is -4.27. The van der Waals surface area contributed by atoms with Gasteiger partial charge in [0, 0.05) is 0 Å². The topological polar surface area (TPSA) is 57.2 Å². The summed E-state index contributed by atoms with van der Waals surface area (Å²) in [6.45, 7) is 8.61. The number of rotatable bonds is 13. The SMILES string of the molecule is CCCCc1ccc([S+](c2ccc(CCCC)cc2)c2ccc(CCCC)cc2)cc1.Cc1ccc(S(=O)(=O)[O-])cc1. The van der Waals surface area contributed by atoms with Crippen LogP contribution in [0.25, 0.3) is 0 Å². The van der Waals surface area contributed by atoms with Gasteiger partial charge in [0.05, 0.1) is 15.8 Å². The van der Waals surface area contributed by atoms with Crippen LogP contribution in [0, 0.1) is 6.92 Å². The first-order valence-electron chi connectivity index (χ1n) is 15.3. The fraction of sp³-hybridized carbons (Fsp3) is 0.351. The number of hydrogen-bond acceptors (Lipinski definition) is 3. The highest BCUT2D eigenvalue weighted by atomic mass is 32.2. The second-order valence-corrected chi connectivity index (χ2v) is 14.2. The maximum Gasteiger partial charge on any atom is 0.166 e. The molecule has 0 saturated heterocycles. The lowest BCUT2D eigenvalue weighted by Gasteiger charge is -2.10. The van der Waals surface area contributed by atoms with Crippen molar-refractivity contribution in [2.24, 2.45) is 0 Å². The Balaban J connectivity index is 0.000000369. The zero-order valence-electron chi connectivity index (χ0n) is 25.6. The van der Waals surface area contributed by atoms with Gasteiger partial charge in [-0.05, 0) is 111 Å². The summed E-state index contributed by atoms with van der Waals surface area (Å²) in [5.74, 6) is 0. The van der Waals surface area contributed by atoms with E-state index in [1.54, 1.807) is 12.1 Å². The van der Waals surface area contributed by atoms with Crippen molar-refractivity contribution in [1.82, 2.24) is 0 Å². The van der Waals surface area contributed by atoms with Gasteiger partial charge in [-0.2, -0.15) is 0 Å². The maximum absolute atomic E-state index is 10.4. The van der Waals surface area contributed by atoms with E-state index in [9.17, 15) is 13.0 Å². The molecule has 0 amide bonds. The highest BCUT2D eigenvalue weighted by Crippen LogP contribution is 2.32. The van der Waals surface area contributed by atoms with Gasteiger partial charge in [-0.1, -0.05) is 94.1 Å². The Kier molecular flexibility index (Phi) is 13.9. The molecule has 0 radical (unpaired) electrons. The van der Waals surface area contributed by atoms with E-state index in [1.165, 1.54) is 101 Å². The first kappa shape index (κ1) is 33.6. The summed E-state index contributed by atoms with van der Waals surface area (Å²) in [7, 11) is -4.33. The van der Waals surface area contributed by atoms with Crippen molar-refractivity contribution >= 4 is 21.0 Å². The maximum atomic E-state index is 10.4. The van der Waals surface area contributed by atoms with Gasteiger partial charge in [0.15, 0.2) is 14.7 Å². The zero-order valence-corrected chi connectivity index (χ0v) is 27.3. The number of hydrogen-bond donors (Lipinski definition) is 0. The summed E-state index contributed by atoms with van der Waals surface area (Å²) < 4.78 is 31.2. The van der Waals surface area contributed by atoms with Crippen LogP contribution in [0.15, 0.2) is 117 Å². The highest BCUT2D eigenvalue weighted by Gasteiger charge is 2.28. The minimum Gasteiger partial charge on any atom is -0.744 e. The van der Waals surface area contributed by atoms with E-state index in [2.05, 4.69) is 93.6 Å². The van der Waals surface area contributed by atoms with E-state index in [-0.39, 0.29) is 15.8 Å². The third-order valence-corrected chi connectivity index (χ3v) is 10.3. The van der Waals surface area contributed by atoms with Crippen LogP contribution in [0.1, 0.15) is 81.5 Å². The summed E-state index contributed by atoms with van der Waals surface area (Å²) in [6, 6.07) is 34.0. The molecular formula is C37H46O3S2. The van der Waals surface area contributed by atoms with Crippen molar-refractivity contribution in [3.63, 3.8) is 0 Å². The first-order valence-corrected chi connectivity index (χ1v) is 17.9. The van der Waals surface area contributed by atoms with Crippen molar-refractivity contribution in [2.75, 3.05) is 0 Å². The molecule has 0 bridgehead atoms. The van der Waals surface area contributed by atoms with Gasteiger partial charge >= 0.3 is 0 Å². The third-order valence-electron chi connectivity index (χ3n) is 7.24. The molecule has 0 aliphatic carbocycles. The molecule has 4 aromatic rings. The van der Waals surface area contributed by atoms with Crippen LogP contribution >= 0.6 is 0 Å². The molecule has 42 heavy (non-hydrogen) atoms. The van der Waals surface area contributed by atoms with Gasteiger partial charge in [-0.15, -0.1) is 0 Å². The number of aryl methyl sites for hydroxylation is 4. The summed E-state index contributed by atoms with van der Waals surface area (Å²) in [6.07, 6.45) is 11.1. The molecule has 3 nitrogen and oxygen atoms in total. The van der Waals surface area contributed by atoms with Gasteiger partial charge < -0.3 is 4.55 Å². The van der Waals surface area contributed by atoms with E-state index >= 15 is 0 Å². The normalized spacial score (nSPS) is 11.3. The molecule has 0 aliphatic rings. The summed E-state index contributed by atoms with van der Waals surface area (Å²) in [5.41, 5.74) is 5.30. The molecule has 0 unspecified atom stereocenters. The van der Waals surface area contributed by atoms with Crippen molar-refractivity contribution in [3.8, 4) is 0 Å². The van der Waals surface area contributed by atoms with Crippen LogP contribution < -0.4 is 0 Å². The summed E-state index contributed by atoms with van der Waals surface area (Å²) in [5, 5.41) is 0. The Morgan fingerprint density at radius 2 is 0.833 bits per heavy atom. The van der Waals surface area contributed by atoms with E-state index in [1.807, 2.05) is 6.92 Å². The van der Waals surface area contributed by atoms with Crippen molar-refractivity contribution in [1.29, 1.82) is 0 Å². The average Bonchev–Trinajstić information content (AvgIpc) is 3.00. The molecule has 0 aliphatic heterocycles. The van der Waals surface area contributed by atoms with Crippen LogP contribution in [-0.4, -0.2) is 13.0 Å². The van der Waals surface area contributed by atoms with Crippen molar-refractivity contribution in [3.05, 3.63) is 119 Å². The Morgan fingerprint density at radius 1 is 0.524 bits per heavy atom. The molecule has 0 heterocycles. The average molecular weight is 603 g/mol. The second-order valence-electron chi connectivity index (χ2n) is 10.8. The predicted octanol–water partition coefficient (Wildman–Crippen LogP) is 9.71. The molecule has 0 spiro atoms. The first-order chi connectivity index (χ1) is 20.2. The Bertz CT molecular complexity index is 1300. The van der Waals surface area contributed by atoms with Gasteiger partial charge in [0.1, 0.15) is 10.1 Å². The van der Waals surface area contributed by atoms with Gasteiger partial charge in [0.25, 0.3) is 0 Å². The third kappa shape index (κ3) is 10.8. The van der Waals surface area contributed by atoms with Gasteiger partial charge in [-0.3, -0.25) is 0 Å². The molecule has 224 valence electrons. The van der Waals surface area contributed by atoms with Crippen LogP contribution in [0.5, 0.6) is 0 Å². The Labute approximate surface area is 257 Å². The highest BCUT2D eigenvalue weighted by molar-refractivity contribution is 7.97. The van der Waals surface area contributed by atoms with Crippen LogP contribution in [0.2, 0.25) is 0 Å². The van der Waals surface area contributed by atoms with E-state index in [4.69, 9.17) is 0 Å². The lowest BCUT2D eigenvalue weighted by atomic mass is 10.1. The van der Waals surface area contributed by atoms with Crippen LogP contribution in [-0.2, 0) is 40.3 Å². The monoisotopic (exact) mass is 602 g/mol. The number of unbranched alkanes of at least 4 members (excludes halogenated alkanes) is 3. The molecule has 0 saturated carbocycles. The smallest absolute Gasteiger partial charge is 0.166 e. The summed E-state index contributed by atoms with van der Waals surface area (Å²) >= 11 is 0. The number of benzene rings is 4. The fourth-order valence-corrected chi connectivity index (χ4v) is 7.14. The predicted molar refractivity (Wildman–Crippen MR) is 176 cm³/mol. The molecule has 4 rings (SSSR count). The largest absolute Gasteiger partial charge is 0.744 e. The molecule has 0 N–H and O–H groups in total. The second kappa shape index (κ2) is 17.3. The standard InChI is InChI=1S/C30H39S.C7H8O3S/c1-4-7-10-25-13-19-28(20-14-25)31(29-21-15-26(16-22-29)11-8-5-2)30-23-17-27(18-24-30)12-9-6-3;1-6-2-4-7(5-3-6)11(8,9)10/h13-24H,4-12H2,1-3H3;2-5H,1H3,(H,8,9,10)/q+1;/p-1. The van der Waals surface area contributed by atoms with Crippen LogP contribution in [0.4, 0.5) is 0 Å². The molecule has 0 aromatic heterocycles. The summed E-state index contributed by atoms with van der Waals surface area (Å²) in [4.78, 5) is 4.08. The molecule has 0 fully saturated rings. The molecular weight excluding hydrogens is 557 g/mol. The molecule has 5 heteroatoms. The van der Waals surface area contributed by atoms with E-state index < -0.39 is 10.1 Å². The molecule has 4 aromatic carbocycles. The van der Waals surface area contributed by atoms with E-state index in [0.717, 1.165) is 5.56 Å². The Hall–Kier alpha value is -2.86. The lowest BCUT2D eigenvalue weighted by Crippen LogP contribution is -2.05. The van der Waals surface area contributed by atoms with Gasteiger partial charge in [-0.25, -0.2) is 8.42 Å². The molecule has 0 atom stereocenters. The van der Waals surface area contributed by atoms with Crippen LogP contribution in [0.3, 0.4) is 0 Å². The minimum absolute atomic E-state index is 0.0566.